The zero-order valence-electron chi connectivity index (χ0n) is 19.4. The van der Waals surface area contributed by atoms with Crippen LogP contribution in [0.5, 0.6) is 0 Å². The molecule has 0 N–H and O–H groups in total. The fourth-order valence-electron chi connectivity index (χ4n) is 4.98. The van der Waals surface area contributed by atoms with Crippen molar-refractivity contribution in [2.24, 2.45) is 16.3 Å². The minimum Gasteiger partial charge on any atom is -0.457 e. The molecule has 2 aromatic rings. The third-order valence-electron chi connectivity index (χ3n) is 6.54. The van der Waals surface area contributed by atoms with Gasteiger partial charge in [0.25, 0.3) is 0 Å². The molecule has 1 unspecified atom stereocenters. The van der Waals surface area contributed by atoms with E-state index < -0.39 is 11.9 Å². The third kappa shape index (κ3) is 4.45. The Balaban J connectivity index is 1.73. The van der Waals surface area contributed by atoms with Crippen molar-refractivity contribution in [3.8, 4) is 0 Å². The van der Waals surface area contributed by atoms with Gasteiger partial charge in [0.2, 0.25) is 0 Å². The van der Waals surface area contributed by atoms with Gasteiger partial charge in [-0.3, -0.25) is 9.79 Å². The average molecular weight is 430 g/mol. The van der Waals surface area contributed by atoms with Gasteiger partial charge in [-0.2, -0.15) is 0 Å². The number of ketones is 1. The van der Waals surface area contributed by atoms with Crippen LogP contribution < -0.4 is 0 Å². The number of aliphatic imine (C=N–C) groups is 1. The van der Waals surface area contributed by atoms with Gasteiger partial charge in [-0.25, -0.2) is 4.79 Å². The fraction of sp³-hybridized carbons (Fsp3) is 0.393. The Hall–Kier alpha value is -3.01. The predicted octanol–water partition coefficient (Wildman–Crippen LogP) is 5.81. The number of Topliss-reactive ketones (excluding diaryl/α,β-unsaturated/α-hetero) is 1. The van der Waals surface area contributed by atoms with E-state index in [2.05, 4.69) is 45.0 Å². The Morgan fingerprint density at radius 2 is 1.69 bits per heavy atom. The standard InChI is InChI=1S/C28H31NO3/c1-5-19-11-13-21(14-12-19)25-24(27(31)32-17-20-9-7-6-8-10-20)18(2)29-22-15-28(3,4)16-23(30)26(22)25/h6-14,25-26H,5,15-17H2,1-4H3/t25-,26?/m0/s1. The van der Waals surface area contributed by atoms with Crippen LogP contribution >= 0.6 is 0 Å². The summed E-state index contributed by atoms with van der Waals surface area (Å²) < 4.78 is 5.71. The molecule has 1 heterocycles. The molecule has 32 heavy (non-hydrogen) atoms. The van der Waals surface area contributed by atoms with Crippen LogP contribution in [0, 0.1) is 11.3 Å². The maximum Gasteiger partial charge on any atom is 0.336 e. The topological polar surface area (TPSA) is 55.7 Å². The lowest BCUT2D eigenvalue weighted by atomic mass is 9.63. The van der Waals surface area contributed by atoms with Gasteiger partial charge in [0, 0.05) is 23.7 Å². The lowest BCUT2D eigenvalue weighted by Crippen LogP contribution is -2.44. The minimum atomic E-state index is -0.404. The van der Waals surface area contributed by atoms with Crippen LogP contribution in [0.4, 0.5) is 0 Å². The highest BCUT2D eigenvalue weighted by atomic mass is 16.5. The van der Waals surface area contributed by atoms with Crippen LogP contribution in [0.3, 0.4) is 0 Å². The Kier molecular flexibility index (Phi) is 6.14. The van der Waals surface area contributed by atoms with Crippen LogP contribution in [0.2, 0.25) is 0 Å². The second-order valence-corrected chi connectivity index (χ2v) is 9.70. The first-order valence-corrected chi connectivity index (χ1v) is 11.4. The molecule has 1 aliphatic carbocycles. The van der Waals surface area contributed by atoms with Crippen molar-refractivity contribution in [1.82, 2.24) is 0 Å². The number of allylic oxidation sites excluding steroid dienone is 1. The van der Waals surface area contributed by atoms with E-state index in [1.807, 2.05) is 37.3 Å². The summed E-state index contributed by atoms with van der Waals surface area (Å²) in [4.78, 5) is 31.5. The number of carbonyl (C=O) groups excluding carboxylic acids is 2. The molecule has 0 amide bonds. The number of hydrogen-bond donors (Lipinski definition) is 0. The maximum absolute atomic E-state index is 13.3. The van der Waals surface area contributed by atoms with E-state index in [-0.39, 0.29) is 23.7 Å². The molecule has 4 heteroatoms. The van der Waals surface area contributed by atoms with Gasteiger partial charge >= 0.3 is 5.97 Å². The first-order valence-electron chi connectivity index (χ1n) is 11.4. The molecule has 0 radical (unpaired) electrons. The highest BCUT2D eigenvalue weighted by Crippen LogP contribution is 2.47. The molecule has 1 saturated carbocycles. The first-order chi connectivity index (χ1) is 15.3. The molecule has 1 fully saturated rings. The number of aryl methyl sites for hydroxylation is 1. The summed E-state index contributed by atoms with van der Waals surface area (Å²) in [6.45, 7) is 8.39. The van der Waals surface area contributed by atoms with Crippen LogP contribution in [0.1, 0.15) is 63.1 Å². The number of nitrogens with zero attached hydrogens (tertiary/aromatic N) is 1. The quantitative estimate of drug-likeness (QED) is 0.564. The highest BCUT2D eigenvalue weighted by molar-refractivity contribution is 6.12. The second-order valence-electron chi connectivity index (χ2n) is 9.70. The lowest BCUT2D eigenvalue weighted by Gasteiger charge is -2.41. The molecule has 2 aromatic carbocycles. The minimum absolute atomic E-state index is 0.116. The van der Waals surface area contributed by atoms with Crippen molar-refractivity contribution in [3.05, 3.63) is 82.6 Å². The van der Waals surface area contributed by atoms with Crippen molar-refractivity contribution >= 4 is 17.5 Å². The van der Waals surface area contributed by atoms with Gasteiger partial charge in [-0.1, -0.05) is 75.4 Å². The van der Waals surface area contributed by atoms with E-state index in [0.717, 1.165) is 29.7 Å². The van der Waals surface area contributed by atoms with Gasteiger partial charge in [-0.05, 0) is 41.9 Å². The van der Waals surface area contributed by atoms with Gasteiger partial charge in [0.05, 0.1) is 11.5 Å². The normalized spacial score (nSPS) is 22.2. The Bertz CT molecular complexity index is 1080. The molecule has 0 spiro atoms. The zero-order chi connectivity index (χ0) is 22.9. The summed E-state index contributed by atoms with van der Waals surface area (Å²) in [7, 11) is 0. The molecule has 4 nitrogen and oxygen atoms in total. The number of carbonyl (C=O) groups is 2. The number of fused-ring (bicyclic) bond motifs is 1. The summed E-state index contributed by atoms with van der Waals surface area (Å²) >= 11 is 0. The molecule has 0 bridgehead atoms. The molecular weight excluding hydrogens is 398 g/mol. The first kappa shape index (κ1) is 22.2. The van der Waals surface area contributed by atoms with Crippen LogP contribution in [0.25, 0.3) is 0 Å². The Morgan fingerprint density at radius 1 is 1.00 bits per heavy atom. The van der Waals surface area contributed by atoms with Crippen molar-refractivity contribution in [3.63, 3.8) is 0 Å². The largest absolute Gasteiger partial charge is 0.457 e. The predicted molar refractivity (Wildman–Crippen MR) is 126 cm³/mol. The smallest absolute Gasteiger partial charge is 0.336 e. The van der Waals surface area contributed by atoms with E-state index in [4.69, 9.17) is 9.73 Å². The number of ether oxygens (including phenoxy) is 1. The third-order valence-corrected chi connectivity index (χ3v) is 6.54. The van der Waals surface area contributed by atoms with E-state index in [0.29, 0.717) is 17.7 Å². The molecule has 2 atom stereocenters. The summed E-state index contributed by atoms with van der Waals surface area (Å²) in [5.41, 5.74) is 5.07. The van der Waals surface area contributed by atoms with Crippen LogP contribution in [-0.2, 0) is 27.4 Å². The average Bonchev–Trinajstić information content (AvgIpc) is 2.76. The molecule has 2 aliphatic rings. The summed E-state index contributed by atoms with van der Waals surface area (Å²) in [5.74, 6) is -1.000. The molecule has 4 rings (SSSR count). The Morgan fingerprint density at radius 3 is 2.34 bits per heavy atom. The number of hydrogen-bond acceptors (Lipinski definition) is 4. The number of esters is 1. The summed E-state index contributed by atoms with van der Waals surface area (Å²) in [6, 6.07) is 17.9. The highest BCUT2D eigenvalue weighted by Gasteiger charge is 2.47. The SMILES string of the molecule is CCc1ccc([C@H]2C(C(=O)OCc3ccccc3)=C(C)N=C3CC(C)(C)CC(=O)C32)cc1. The van der Waals surface area contributed by atoms with Crippen molar-refractivity contribution in [1.29, 1.82) is 0 Å². The van der Waals surface area contributed by atoms with Crippen molar-refractivity contribution in [2.75, 3.05) is 0 Å². The maximum atomic E-state index is 13.3. The lowest BCUT2D eigenvalue weighted by molar-refractivity contribution is -0.140. The number of benzene rings is 2. The fourth-order valence-corrected chi connectivity index (χ4v) is 4.98. The van der Waals surface area contributed by atoms with Gasteiger partial charge in [0.15, 0.2) is 0 Å². The van der Waals surface area contributed by atoms with Crippen LogP contribution in [-0.4, -0.2) is 17.5 Å². The summed E-state index contributed by atoms with van der Waals surface area (Å²) in [5, 5.41) is 0. The second kappa shape index (κ2) is 8.85. The van der Waals surface area contributed by atoms with Crippen LogP contribution in [0.15, 0.2) is 70.9 Å². The Labute approximate surface area is 190 Å². The number of rotatable bonds is 5. The zero-order valence-corrected chi connectivity index (χ0v) is 19.4. The molecule has 166 valence electrons. The molecule has 1 aliphatic heterocycles. The monoisotopic (exact) mass is 429 g/mol. The van der Waals surface area contributed by atoms with E-state index in [1.165, 1.54) is 5.56 Å². The molecule has 0 aromatic heterocycles. The molecule has 0 saturated heterocycles. The van der Waals surface area contributed by atoms with Crippen molar-refractivity contribution < 1.29 is 14.3 Å². The van der Waals surface area contributed by atoms with Crippen molar-refractivity contribution in [2.45, 2.75) is 59.5 Å². The van der Waals surface area contributed by atoms with Gasteiger partial charge < -0.3 is 4.74 Å². The van der Waals surface area contributed by atoms with Gasteiger partial charge in [0.1, 0.15) is 12.4 Å². The molecular formula is C28H31NO3. The van der Waals surface area contributed by atoms with Gasteiger partial charge in [-0.15, -0.1) is 0 Å². The van der Waals surface area contributed by atoms with E-state index >= 15 is 0 Å². The van der Waals surface area contributed by atoms with E-state index in [9.17, 15) is 9.59 Å². The van der Waals surface area contributed by atoms with E-state index in [1.54, 1.807) is 0 Å². The summed E-state index contributed by atoms with van der Waals surface area (Å²) in [6.07, 6.45) is 2.19.